The highest BCUT2D eigenvalue weighted by Gasteiger charge is 2.39. The average Bonchev–Trinajstić information content (AvgIpc) is 3.06. The maximum Gasteiger partial charge on any atom is 0.278 e. The minimum Gasteiger partial charge on any atom is -0.494 e. The predicted octanol–water partition coefficient (Wildman–Crippen LogP) is 4.27. The molecule has 4 rings (SSSR count). The normalized spacial score (nSPS) is 13.5. The Labute approximate surface area is 192 Å². The molecule has 0 bridgehead atoms. The molecule has 33 heavy (non-hydrogen) atoms. The third kappa shape index (κ3) is 4.72. The summed E-state index contributed by atoms with van der Waals surface area (Å²) in [5.74, 6) is 0.495. The van der Waals surface area contributed by atoms with Crippen molar-refractivity contribution in [3.05, 3.63) is 89.9 Å². The smallest absolute Gasteiger partial charge is 0.278 e. The number of rotatable bonds is 9. The van der Waals surface area contributed by atoms with Crippen molar-refractivity contribution in [3.8, 4) is 11.5 Å². The maximum absolute atomic E-state index is 13.5. The van der Waals surface area contributed by atoms with Gasteiger partial charge in [-0.15, -0.1) is 0 Å². The van der Waals surface area contributed by atoms with E-state index in [1.54, 1.807) is 42.6 Å². The molecule has 0 spiro atoms. The largest absolute Gasteiger partial charge is 0.494 e. The van der Waals surface area contributed by atoms with E-state index in [1.165, 1.54) is 4.90 Å². The second-order valence-electron chi connectivity index (χ2n) is 7.28. The van der Waals surface area contributed by atoms with Gasteiger partial charge in [-0.2, -0.15) is 0 Å². The Morgan fingerprint density at radius 3 is 2.27 bits per heavy atom. The summed E-state index contributed by atoms with van der Waals surface area (Å²) in [5, 5.41) is 3.17. The fraction of sp³-hybridized carbons (Fsp3) is 0.192. The van der Waals surface area contributed by atoms with Gasteiger partial charge in [-0.25, -0.2) is 0 Å². The Kier molecular flexibility index (Phi) is 6.69. The van der Waals surface area contributed by atoms with Gasteiger partial charge in [0.2, 0.25) is 0 Å². The number of ether oxygens (including phenoxy) is 2. The van der Waals surface area contributed by atoms with Crippen molar-refractivity contribution in [1.29, 1.82) is 0 Å². The molecule has 2 heterocycles. The number of carbonyl (C=O) groups is 2. The lowest BCUT2D eigenvalue weighted by molar-refractivity contribution is -0.137. The number of imide groups is 1. The lowest BCUT2D eigenvalue weighted by Gasteiger charge is -2.15. The van der Waals surface area contributed by atoms with Gasteiger partial charge in [0.05, 0.1) is 36.7 Å². The summed E-state index contributed by atoms with van der Waals surface area (Å²) in [6.07, 6.45) is 1.64. The lowest BCUT2D eigenvalue weighted by Crippen LogP contribution is -2.32. The van der Waals surface area contributed by atoms with Crippen LogP contribution in [0.2, 0.25) is 0 Å². The zero-order valence-corrected chi connectivity index (χ0v) is 18.6. The van der Waals surface area contributed by atoms with Crippen LogP contribution < -0.4 is 14.8 Å². The zero-order valence-electron chi connectivity index (χ0n) is 18.6. The van der Waals surface area contributed by atoms with E-state index in [0.29, 0.717) is 47.2 Å². The van der Waals surface area contributed by atoms with E-state index < -0.39 is 5.91 Å². The predicted molar refractivity (Wildman–Crippen MR) is 126 cm³/mol. The highest BCUT2D eigenvalue weighted by molar-refractivity contribution is 6.36. The summed E-state index contributed by atoms with van der Waals surface area (Å²) in [6.45, 7) is 4.89. The zero-order chi connectivity index (χ0) is 23.2. The Balaban J connectivity index is 1.74. The van der Waals surface area contributed by atoms with Crippen molar-refractivity contribution in [2.24, 2.45) is 0 Å². The molecule has 1 aliphatic rings. The van der Waals surface area contributed by atoms with Crippen molar-refractivity contribution in [2.75, 3.05) is 18.5 Å². The van der Waals surface area contributed by atoms with Crippen LogP contribution in [0.1, 0.15) is 25.1 Å². The van der Waals surface area contributed by atoms with Gasteiger partial charge in [0, 0.05) is 6.20 Å². The SMILES string of the molecule is CCOc1ccc(C2=C(Nc3ccccc3OCC)C(=O)N(Cc3ccccn3)C2=O)cc1. The molecule has 2 amide bonds. The van der Waals surface area contributed by atoms with E-state index in [2.05, 4.69) is 10.3 Å². The van der Waals surface area contributed by atoms with Crippen LogP contribution in [0.3, 0.4) is 0 Å². The third-order valence-electron chi connectivity index (χ3n) is 5.11. The number of amides is 2. The molecule has 0 aliphatic carbocycles. The molecular weight excluding hydrogens is 418 g/mol. The fourth-order valence-electron chi connectivity index (χ4n) is 3.63. The number of pyridine rings is 1. The molecular formula is C26H25N3O4. The second-order valence-corrected chi connectivity index (χ2v) is 7.28. The second kappa shape index (κ2) is 9.99. The monoisotopic (exact) mass is 443 g/mol. The van der Waals surface area contributed by atoms with Crippen LogP contribution in [0.4, 0.5) is 5.69 Å². The van der Waals surface area contributed by atoms with Crippen LogP contribution in [-0.4, -0.2) is 34.9 Å². The van der Waals surface area contributed by atoms with Crippen molar-refractivity contribution < 1.29 is 19.1 Å². The van der Waals surface area contributed by atoms with Gasteiger partial charge in [-0.1, -0.05) is 30.3 Å². The first-order chi connectivity index (χ1) is 16.1. The molecule has 0 unspecified atom stereocenters. The minimum atomic E-state index is -0.416. The standard InChI is InChI=1S/C26H25N3O4/c1-3-32-20-14-12-18(13-15-20)23-24(28-21-10-5-6-11-22(21)33-4-2)26(31)29(25(23)30)17-19-9-7-8-16-27-19/h5-16,28H,3-4,17H2,1-2H3. The summed E-state index contributed by atoms with van der Waals surface area (Å²) in [4.78, 5) is 32.4. The molecule has 0 saturated carbocycles. The Morgan fingerprint density at radius 2 is 1.58 bits per heavy atom. The van der Waals surface area contributed by atoms with Crippen LogP contribution in [0.15, 0.2) is 78.6 Å². The number of carbonyl (C=O) groups excluding carboxylic acids is 2. The number of para-hydroxylation sites is 2. The van der Waals surface area contributed by atoms with Crippen LogP contribution >= 0.6 is 0 Å². The quantitative estimate of drug-likeness (QED) is 0.498. The van der Waals surface area contributed by atoms with Crippen LogP contribution in [0, 0.1) is 0 Å². The number of benzene rings is 2. The summed E-state index contributed by atoms with van der Waals surface area (Å²) in [6, 6.07) is 19.9. The van der Waals surface area contributed by atoms with Gasteiger partial charge in [0.25, 0.3) is 11.8 Å². The number of hydrogen-bond donors (Lipinski definition) is 1. The van der Waals surface area contributed by atoms with Crippen molar-refractivity contribution in [1.82, 2.24) is 9.88 Å². The molecule has 0 saturated heterocycles. The first-order valence-corrected chi connectivity index (χ1v) is 10.8. The Bertz CT molecular complexity index is 1170. The maximum atomic E-state index is 13.5. The lowest BCUT2D eigenvalue weighted by atomic mass is 10.0. The molecule has 0 radical (unpaired) electrons. The van der Waals surface area contributed by atoms with Crippen LogP contribution in [0.5, 0.6) is 11.5 Å². The number of hydrogen-bond acceptors (Lipinski definition) is 6. The van der Waals surface area contributed by atoms with Crippen molar-refractivity contribution in [2.45, 2.75) is 20.4 Å². The molecule has 3 aromatic rings. The Hall–Kier alpha value is -4.13. The van der Waals surface area contributed by atoms with Crippen LogP contribution in [-0.2, 0) is 16.1 Å². The van der Waals surface area contributed by atoms with E-state index in [0.717, 1.165) is 0 Å². The number of anilines is 1. The van der Waals surface area contributed by atoms with Gasteiger partial charge in [-0.05, 0) is 55.8 Å². The summed E-state index contributed by atoms with van der Waals surface area (Å²) < 4.78 is 11.2. The molecule has 1 N–H and O–H groups in total. The molecule has 0 atom stereocenters. The molecule has 7 heteroatoms. The molecule has 0 fully saturated rings. The highest BCUT2D eigenvalue weighted by atomic mass is 16.5. The molecule has 2 aromatic carbocycles. The molecule has 7 nitrogen and oxygen atoms in total. The van der Waals surface area contributed by atoms with Gasteiger partial charge in [0.1, 0.15) is 17.2 Å². The van der Waals surface area contributed by atoms with Crippen LogP contribution in [0.25, 0.3) is 5.57 Å². The minimum absolute atomic E-state index is 0.0807. The van der Waals surface area contributed by atoms with E-state index in [-0.39, 0.29) is 18.1 Å². The molecule has 168 valence electrons. The molecule has 1 aromatic heterocycles. The van der Waals surface area contributed by atoms with E-state index in [4.69, 9.17) is 9.47 Å². The topological polar surface area (TPSA) is 80.8 Å². The van der Waals surface area contributed by atoms with Gasteiger partial charge >= 0.3 is 0 Å². The summed E-state index contributed by atoms with van der Waals surface area (Å²) in [5.41, 5.74) is 2.36. The summed E-state index contributed by atoms with van der Waals surface area (Å²) in [7, 11) is 0. The van der Waals surface area contributed by atoms with E-state index in [9.17, 15) is 9.59 Å². The first-order valence-electron chi connectivity index (χ1n) is 10.8. The first kappa shape index (κ1) is 22.1. The number of nitrogens with zero attached hydrogens (tertiary/aromatic N) is 2. The Morgan fingerprint density at radius 1 is 0.848 bits per heavy atom. The van der Waals surface area contributed by atoms with Crippen molar-refractivity contribution >= 4 is 23.1 Å². The van der Waals surface area contributed by atoms with Gasteiger partial charge in [-0.3, -0.25) is 19.5 Å². The van der Waals surface area contributed by atoms with E-state index in [1.807, 2.05) is 44.2 Å². The average molecular weight is 444 g/mol. The van der Waals surface area contributed by atoms with E-state index >= 15 is 0 Å². The third-order valence-corrected chi connectivity index (χ3v) is 5.11. The number of aromatic nitrogens is 1. The van der Waals surface area contributed by atoms with Crippen molar-refractivity contribution in [3.63, 3.8) is 0 Å². The fourth-order valence-corrected chi connectivity index (χ4v) is 3.63. The summed E-state index contributed by atoms with van der Waals surface area (Å²) >= 11 is 0. The van der Waals surface area contributed by atoms with Gasteiger partial charge in [0.15, 0.2) is 0 Å². The van der Waals surface area contributed by atoms with Gasteiger partial charge < -0.3 is 14.8 Å². The molecule has 1 aliphatic heterocycles. The highest BCUT2D eigenvalue weighted by Crippen LogP contribution is 2.34. The number of nitrogens with one attached hydrogen (secondary N) is 1.